The van der Waals surface area contributed by atoms with Crippen LogP contribution in [0.15, 0.2) is 53.4 Å². The van der Waals surface area contributed by atoms with Gasteiger partial charge in [-0.2, -0.15) is 0 Å². The van der Waals surface area contributed by atoms with Crippen molar-refractivity contribution in [1.82, 2.24) is 4.90 Å². The van der Waals surface area contributed by atoms with Gasteiger partial charge in [0.15, 0.2) is 0 Å². The van der Waals surface area contributed by atoms with Crippen molar-refractivity contribution in [3.63, 3.8) is 0 Å². The van der Waals surface area contributed by atoms with Crippen LogP contribution in [-0.2, 0) is 9.59 Å². The van der Waals surface area contributed by atoms with Crippen molar-refractivity contribution in [3.8, 4) is 5.75 Å². The number of carbonyl (C=O) groups is 3. The van der Waals surface area contributed by atoms with E-state index in [9.17, 15) is 19.5 Å². The van der Waals surface area contributed by atoms with E-state index in [0.717, 1.165) is 12.0 Å². The number of hydrogen-bond donors (Lipinski definition) is 3. The van der Waals surface area contributed by atoms with Gasteiger partial charge in [-0.25, -0.2) is 4.79 Å². The second-order valence-corrected chi connectivity index (χ2v) is 8.82. The zero-order valence-electron chi connectivity index (χ0n) is 17.1. The Balaban J connectivity index is 1.42. The Morgan fingerprint density at radius 1 is 1.09 bits per heavy atom. The number of nitrogens with one attached hydrogen (secondary N) is 1. The van der Waals surface area contributed by atoms with E-state index in [-0.39, 0.29) is 29.5 Å². The fraction of sp³-hybridized carbons (Fsp3) is 0.217. The minimum absolute atomic E-state index is 0.0943. The van der Waals surface area contributed by atoms with Crippen LogP contribution in [0.1, 0.15) is 41.6 Å². The Labute approximate surface area is 195 Å². The lowest BCUT2D eigenvalue weighted by molar-refractivity contribution is -0.122. The van der Waals surface area contributed by atoms with E-state index in [1.165, 1.54) is 30.0 Å². The number of carbonyl (C=O) groups excluding carboxylic acids is 2. The van der Waals surface area contributed by atoms with E-state index >= 15 is 0 Å². The molecule has 0 unspecified atom stereocenters. The van der Waals surface area contributed by atoms with Crippen LogP contribution in [0.5, 0.6) is 5.75 Å². The number of nitrogens with zero attached hydrogens (tertiary/aromatic N) is 1. The van der Waals surface area contributed by atoms with Crippen molar-refractivity contribution in [2.75, 3.05) is 11.9 Å². The molecule has 0 saturated carbocycles. The highest BCUT2D eigenvalue weighted by Gasteiger charge is 2.31. The fourth-order valence-corrected chi connectivity index (χ4v) is 4.44. The summed E-state index contributed by atoms with van der Waals surface area (Å²) in [5.41, 5.74) is 0.990. The molecule has 0 atom stereocenters. The second kappa shape index (κ2) is 10.9. The number of unbranched alkanes of at least 4 members (excludes halogenated alkanes) is 2. The van der Waals surface area contributed by atoms with E-state index in [2.05, 4.69) is 5.32 Å². The van der Waals surface area contributed by atoms with Crippen LogP contribution in [0.2, 0.25) is 0 Å². The van der Waals surface area contributed by atoms with Gasteiger partial charge < -0.3 is 15.5 Å². The number of anilines is 1. The number of aromatic hydroxyl groups is 1. The Kier molecular flexibility index (Phi) is 8.02. The van der Waals surface area contributed by atoms with Gasteiger partial charge in [0.2, 0.25) is 5.91 Å². The Hall–Kier alpha value is -3.17. The number of benzene rings is 2. The molecule has 166 valence electrons. The Bertz CT molecular complexity index is 1070. The highest BCUT2D eigenvalue weighted by molar-refractivity contribution is 8.26. The summed E-state index contributed by atoms with van der Waals surface area (Å²) in [4.78, 5) is 38.0. The van der Waals surface area contributed by atoms with E-state index in [1.54, 1.807) is 4.90 Å². The number of rotatable bonds is 9. The number of phenols is 1. The molecule has 0 aromatic heterocycles. The van der Waals surface area contributed by atoms with Crippen molar-refractivity contribution in [1.29, 1.82) is 0 Å². The van der Waals surface area contributed by atoms with Gasteiger partial charge in [-0.15, -0.1) is 0 Å². The monoisotopic (exact) mass is 470 g/mol. The van der Waals surface area contributed by atoms with Crippen molar-refractivity contribution in [2.24, 2.45) is 0 Å². The van der Waals surface area contributed by atoms with Crippen LogP contribution in [-0.4, -0.2) is 43.8 Å². The summed E-state index contributed by atoms with van der Waals surface area (Å²) in [5.74, 6) is -1.97. The van der Waals surface area contributed by atoms with Gasteiger partial charge in [-0.3, -0.25) is 14.5 Å². The molecule has 1 aliphatic heterocycles. The number of carboxylic acid groups (broad SMARTS) is 1. The first-order valence-electron chi connectivity index (χ1n) is 10.0. The van der Waals surface area contributed by atoms with Gasteiger partial charge in [0, 0.05) is 18.7 Å². The molecular formula is C23H22N2O5S2. The number of thiocarbonyl (C=S) groups is 1. The SMILES string of the molecule is O=C(CCCCCN1C(=O)/C(=C/c2ccccc2)SC1=S)Nc1ccc(O)c(C(=O)O)c1. The molecule has 2 amide bonds. The lowest BCUT2D eigenvalue weighted by atomic mass is 10.1. The molecule has 1 heterocycles. The molecule has 9 heteroatoms. The summed E-state index contributed by atoms with van der Waals surface area (Å²) >= 11 is 6.64. The maximum absolute atomic E-state index is 12.6. The quantitative estimate of drug-likeness (QED) is 0.214. The van der Waals surface area contributed by atoms with Crippen LogP contribution < -0.4 is 5.32 Å². The van der Waals surface area contributed by atoms with Gasteiger partial charge in [0.05, 0.1) is 4.91 Å². The van der Waals surface area contributed by atoms with Crippen molar-refractivity contribution in [3.05, 3.63) is 64.6 Å². The Morgan fingerprint density at radius 2 is 1.84 bits per heavy atom. The average Bonchev–Trinajstić information content (AvgIpc) is 3.02. The van der Waals surface area contributed by atoms with Gasteiger partial charge in [-0.1, -0.05) is 60.7 Å². The van der Waals surface area contributed by atoms with E-state index in [1.807, 2.05) is 36.4 Å². The number of carboxylic acids is 1. The third kappa shape index (κ3) is 6.18. The van der Waals surface area contributed by atoms with E-state index < -0.39 is 5.97 Å². The second-order valence-electron chi connectivity index (χ2n) is 7.14. The summed E-state index contributed by atoms with van der Waals surface area (Å²) in [6, 6.07) is 13.5. The number of thioether (sulfide) groups is 1. The first kappa shape index (κ1) is 23.5. The molecule has 1 aliphatic rings. The number of aromatic carboxylic acids is 1. The van der Waals surface area contributed by atoms with Crippen molar-refractivity contribution in [2.45, 2.75) is 25.7 Å². The molecule has 2 aromatic rings. The van der Waals surface area contributed by atoms with Crippen LogP contribution >= 0.6 is 24.0 Å². The summed E-state index contributed by atoms with van der Waals surface area (Å²) < 4.78 is 0.538. The lowest BCUT2D eigenvalue weighted by Crippen LogP contribution is -2.29. The molecule has 3 rings (SSSR count). The molecule has 2 aromatic carbocycles. The highest BCUT2D eigenvalue weighted by atomic mass is 32.2. The van der Waals surface area contributed by atoms with Gasteiger partial charge in [0.1, 0.15) is 15.6 Å². The van der Waals surface area contributed by atoms with E-state index in [0.29, 0.717) is 34.3 Å². The molecule has 0 aliphatic carbocycles. The van der Waals surface area contributed by atoms with E-state index in [4.69, 9.17) is 17.3 Å². The summed E-state index contributed by atoms with van der Waals surface area (Å²) in [5, 5.41) is 21.2. The smallest absolute Gasteiger partial charge is 0.339 e. The molecule has 32 heavy (non-hydrogen) atoms. The van der Waals surface area contributed by atoms with Crippen molar-refractivity contribution < 1.29 is 24.6 Å². The zero-order valence-corrected chi connectivity index (χ0v) is 18.7. The normalized spacial score (nSPS) is 14.8. The maximum atomic E-state index is 12.6. The van der Waals surface area contributed by atoms with Crippen LogP contribution in [0, 0.1) is 0 Å². The first-order valence-corrected chi connectivity index (χ1v) is 11.2. The summed E-state index contributed by atoms with van der Waals surface area (Å²) in [6.45, 7) is 0.498. The minimum Gasteiger partial charge on any atom is -0.507 e. The molecule has 0 spiro atoms. The molecular weight excluding hydrogens is 448 g/mol. The third-order valence-corrected chi connectivity index (χ3v) is 6.14. The minimum atomic E-state index is -1.27. The van der Waals surface area contributed by atoms with Crippen molar-refractivity contribution >= 4 is 57.8 Å². The van der Waals surface area contributed by atoms with Crippen LogP contribution in [0.3, 0.4) is 0 Å². The predicted molar refractivity (Wildman–Crippen MR) is 128 cm³/mol. The number of amides is 2. The fourth-order valence-electron chi connectivity index (χ4n) is 3.13. The predicted octanol–water partition coefficient (Wildman–Crippen LogP) is 4.49. The third-order valence-electron chi connectivity index (χ3n) is 4.77. The summed E-state index contributed by atoms with van der Waals surface area (Å²) in [6.07, 6.45) is 4.15. The van der Waals surface area contributed by atoms with Gasteiger partial charge in [-0.05, 0) is 42.7 Å². The molecule has 1 saturated heterocycles. The summed E-state index contributed by atoms with van der Waals surface area (Å²) in [7, 11) is 0. The average molecular weight is 471 g/mol. The van der Waals surface area contributed by atoms with Crippen LogP contribution in [0.4, 0.5) is 5.69 Å². The van der Waals surface area contributed by atoms with Crippen LogP contribution in [0.25, 0.3) is 6.08 Å². The molecule has 0 radical (unpaired) electrons. The maximum Gasteiger partial charge on any atom is 0.339 e. The molecule has 0 bridgehead atoms. The molecule has 3 N–H and O–H groups in total. The standard InChI is InChI=1S/C23H22N2O5S2/c26-18-11-10-16(14-17(18)22(29)30)24-20(27)9-5-2-6-12-25-21(28)19(32-23(25)31)13-15-7-3-1-4-8-15/h1,3-4,7-8,10-11,13-14,26H,2,5-6,9,12H2,(H,24,27)(H,29,30)/b19-13-. The first-order chi connectivity index (χ1) is 15.3. The Morgan fingerprint density at radius 3 is 2.56 bits per heavy atom. The van der Waals surface area contributed by atoms with Gasteiger partial charge in [0.25, 0.3) is 5.91 Å². The number of hydrogen-bond acceptors (Lipinski definition) is 6. The lowest BCUT2D eigenvalue weighted by Gasteiger charge is -2.14. The topological polar surface area (TPSA) is 107 Å². The zero-order chi connectivity index (χ0) is 23.1. The largest absolute Gasteiger partial charge is 0.507 e. The van der Waals surface area contributed by atoms with Gasteiger partial charge >= 0.3 is 5.97 Å². The molecule has 7 nitrogen and oxygen atoms in total. The molecule has 1 fully saturated rings. The highest BCUT2D eigenvalue weighted by Crippen LogP contribution is 2.32.